The first-order chi connectivity index (χ1) is 11.0. The predicted molar refractivity (Wildman–Crippen MR) is 97.6 cm³/mol. The molecule has 1 heteroatoms. The fourth-order valence-corrected chi connectivity index (χ4v) is 4.35. The molecule has 0 bridgehead atoms. The van der Waals surface area contributed by atoms with Crippen molar-refractivity contribution in [3.63, 3.8) is 0 Å². The van der Waals surface area contributed by atoms with Gasteiger partial charge in [0.2, 0.25) is 5.69 Å². The zero-order valence-corrected chi connectivity index (χ0v) is 14.9. The number of fused-ring (bicyclic) bond motifs is 3. The lowest BCUT2D eigenvalue weighted by molar-refractivity contribution is -0.696. The van der Waals surface area contributed by atoms with E-state index in [1.54, 1.807) is 0 Å². The van der Waals surface area contributed by atoms with Crippen molar-refractivity contribution in [2.24, 2.45) is 0 Å². The van der Waals surface area contributed by atoms with E-state index in [0.29, 0.717) is 0 Å². The Balaban J connectivity index is 2.29. The number of allylic oxidation sites excluding steroid dienone is 1. The van der Waals surface area contributed by atoms with Gasteiger partial charge in [0.1, 0.15) is 0 Å². The Hall–Kier alpha value is -1.89. The van der Waals surface area contributed by atoms with Gasteiger partial charge in [-0.2, -0.15) is 4.57 Å². The fraction of sp³-hybridized carbons (Fsp3) is 0.409. The van der Waals surface area contributed by atoms with Gasteiger partial charge in [0, 0.05) is 11.1 Å². The molecule has 23 heavy (non-hydrogen) atoms. The molecule has 1 aliphatic heterocycles. The summed E-state index contributed by atoms with van der Waals surface area (Å²) in [5.41, 5.74) is 8.36. The third-order valence-electron chi connectivity index (χ3n) is 5.43. The number of benzene rings is 1. The number of aryl methyl sites for hydroxylation is 2. The molecule has 0 saturated heterocycles. The first kappa shape index (κ1) is 16.0. The van der Waals surface area contributed by atoms with Crippen molar-refractivity contribution in [3.8, 4) is 11.3 Å². The van der Waals surface area contributed by atoms with Gasteiger partial charge in [-0.15, -0.1) is 0 Å². The van der Waals surface area contributed by atoms with Crippen LogP contribution in [0.25, 0.3) is 11.3 Å². The first-order valence-corrected chi connectivity index (χ1v) is 8.82. The number of pyridine rings is 1. The van der Waals surface area contributed by atoms with Crippen LogP contribution in [0.3, 0.4) is 0 Å². The Morgan fingerprint density at radius 3 is 2.65 bits per heavy atom. The van der Waals surface area contributed by atoms with E-state index in [1.165, 1.54) is 33.5 Å². The number of aromatic nitrogens is 1. The number of hydrogen-bond acceptors (Lipinski definition) is 0. The maximum Gasteiger partial charge on any atom is 0.215 e. The van der Waals surface area contributed by atoms with Crippen molar-refractivity contribution in [1.82, 2.24) is 0 Å². The summed E-state index contributed by atoms with van der Waals surface area (Å²) in [4.78, 5) is 0. The number of nitrogens with zero attached hydrogens (tertiary/aromatic N) is 1. The van der Waals surface area contributed by atoms with Crippen molar-refractivity contribution >= 4 is 0 Å². The molecule has 0 aliphatic carbocycles. The second-order valence-electron chi connectivity index (χ2n) is 7.01. The minimum Gasteiger partial charge on any atom is -0.197 e. The third kappa shape index (κ3) is 2.43. The van der Waals surface area contributed by atoms with E-state index in [0.717, 1.165) is 25.8 Å². The maximum absolute atomic E-state index is 4.51. The molecule has 120 valence electrons. The smallest absolute Gasteiger partial charge is 0.197 e. The van der Waals surface area contributed by atoms with Gasteiger partial charge in [0.25, 0.3) is 0 Å². The highest BCUT2D eigenvalue weighted by molar-refractivity contribution is 5.68. The van der Waals surface area contributed by atoms with Crippen molar-refractivity contribution in [1.29, 1.82) is 0 Å². The van der Waals surface area contributed by atoms with E-state index in [4.69, 9.17) is 0 Å². The highest BCUT2D eigenvalue weighted by Gasteiger charge is 2.44. The average Bonchev–Trinajstić information content (AvgIpc) is 2.53. The lowest BCUT2D eigenvalue weighted by Gasteiger charge is -2.37. The normalized spacial score (nSPS) is 19.1. The van der Waals surface area contributed by atoms with Gasteiger partial charge in [-0.25, -0.2) is 0 Å². The summed E-state index contributed by atoms with van der Waals surface area (Å²) in [5, 5.41) is 0. The van der Waals surface area contributed by atoms with Crippen LogP contribution in [0, 0.1) is 13.8 Å². The molecule has 0 saturated carbocycles. The molecule has 1 aromatic heterocycles. The predicted octanol–water partition coefficient (Wildman–Crippen LogP) is 5.28. The molecule has 2 heterocycles. The van der Waals surface area contributed by atoms with Crippen LogP contribution in [-0.2, 0) is 12.0 Å². The number of hydrogen-bond donors (Lipinski definition) is 0. The zero-order chi connectivity index (χ0) is 16.6. The Morgan fingerprint density at radius 1 is 1.22 bits per heavy atom. The lowest BCUT2D eigenvalue weighted by Crippen LogP contribution is -2.52. The van der Waals surface area contributed by atoms with Gasteiger partial charge in [-0.3, -0.25) is 0 Å². The molecule has 0 radical (unpaired) electrons. The Labute approximate surface area is 140 Å². The van der Waals surface area contributed by atoms with Crippen molar-refractivity contribution in [3.05, 3.63) is 65.4 Å². The summed E-state index contributed by atoms with van der Waals surface area (Å²) < 4.78 is 2.47. The maximum atomic E-state index is 4.51. The van der Waals surface area contributed by atoms with Crippen LogP contribution >= 0.6 is 0 Å². The van der Waals surface area contributed by atoms with Gasteiger partial charge < -0.3 is 0 Å². The SMILES string of the molecule is C=C(CCC)C1(CC)C[n+]2cc(C)cc(C)c2-c2ccccc21. The van der Waals surface area contributed by atoms with Crippen molar-refractivity contribution in [2.45, 2.75) is 58.9 Å². The second-order valence-corrected chi connectivity index (χ2v) is 7.01. The van der Waals surface area contributed by atoms with Crippen LogP contribution in [0.15, 0.2) is 48.7 Å². The summed E-state index contributed by atoms with van der Waals surface area (Å²) in [6.07, 6.45) is 5.67. The Kier molecular flexibility index (Phi) is 4.14. The highest BCUT2D eigenvalue weighted by atomic mass is 15.0. The zero-order valence-electron chi connectivity index (χ0n) is 14.9. The Morgan fingerprint density at radius 2 is 1.96 bits per heavy atom. The van der Waals surface area contributed by atoms with E-state index in [9.17, 15) is 0 Å². The Bertz CT molecular complexity index is 757. The molecular formula is C22H28N+. The van der Waals surface area contributed by atoms with Gasteiger partial charge in [0.05, 0.1) is 11.0 Å². The monoisotopic (exact) mass is 306 g/mol. The molecule has 0 spiro atoms. The fourth-order valence-electron chi connectivity index (χ4n) is 4.35. The van der Waals surface area contributed by atoms with Crippen LogP contribution in [0.4, 0.5) is 0 Å². The minimum atomic E-state index is 0.0600. The van der Waals surface area contributed by atoms with Crippen LogP contribution in [0.1, 0.15) is 49.8 Å². The van der Waals surface area contributed by atoms with Gasteiger partial charge in [-0.05, 0) is 44.4 Å². The van der Waals surface area contributed by atoms with Gasteiger partial charge in [-0.1, -0.05) is 50.6 Å². The number of rotatable bonds is 4. The van der Waals surface area contributed by atoms with Crippen LogP contribution in [-0.4, -0.2) is 0 Å². The summed E-state index contributed by atoms with van der Waals surface area (Å²) >= 11 is 0. The van der Waals surface area contributed by atoms with Crippen LogP contribution < -0.4 is 4.57 Å². The van der Waals surface area contributed by atoms with E-state index in [1.807, 2.05) is 0 Å². The lowest BCUT2D eigenvalue weighted by atomic mass is 9.67. The van der Waals surface area contributed by atoms with E-state index in [-0.39, 0.29) is 5.41 Å². The molecule has 0 amide bonds. The molecule has 1 aromatic carbocycles. The van der Waals surface area contributed by atoms with Crippen molar-refractivity contribution in [2.75, 3.05) is 0 Å². The van der Waals surface area contributed by atoms with E-state index in [2.05, 4.69) is 75.4 Å². The van der Waals surface area contributed by atoms with E-state index < -0.39 is 0 Å². The first-order valence-electron chi connectivity index (χ1n) is 8.82. The van der Waals surface area contributed by atoms with Gasteiger partial charge in [0.15, 0.2) is 12.7 Å². The molecule has 1 nitrogen and oxygen atoms in total. The minimum absolute atomic E-state index is 0.0600. The van der Waals surface area contributed by atoms with E-state index >= 15 is 0 Å². The molecule has 0 fully saturated rings. The topological polar surface area (TPSA) is 3.88 Å². The summed E-state index contributed by atoms with van der Waals surface area (Å²) in [6, 6.07) is 11.2. The van der Waals surface area contributed by atoms with Gasteiger partial charge >= 0.3 is 0 Å². The molecule has 0 N–H and O–H groups in total. The molecule has 1 unspecified atom stereocenters. The van der Waals surface area contributed by atoms with Crippen LogP contribution in [0.5, 0.6) is 0 Å². The third-order valence-corrected chi connectivity index (χ3v) is 5.43. The largest absolute Gasteiger partial charge is 0.215 e. The van der Waals surface area contributed by atoms with Crippen LogP contribution in [0.2, 0.25) is 0 Å². The molecule has 1 atom stereocenters. The second kappa shape index (κ2) is 5.96. The standard InChI is InChI=1S/C22H28N/c1-6-10-18(5)22(7-2)15-23-14-16(3)13-17(4)21(23)19-11-8-9-12-20(19)22/h8-9,11-14H,5-7,10,15H2,1-4H3/q+1. The summed E-state index contributed by atoms with van der Waals surface area (Å²) in [5.74, 6) is 0. The summed E-state index contributed by atoms with van der Waals surface area (Å²) in [7, 11) is 0. The molecular weight excluding hydrogens is 278 g/mol. The average molecular weight is 306 g/mol. The molecule has 3 rings (SSSR count). The molecule has 1 aliphatic rings. The van der Waals surface area contributed by atoms with Crippen molar-refractivity contribution < 1.29 is 4.57 Å². The molecule has 2 aromatic rings. The highest BCUT2D eigenvalue weighted by Crippen LogP contribution is 2.45. The summed E-state index contributed by atoms with van der Waals surface area (Å²) in [6.45, 7) is 14.5. The quantitative estimate of drug-likeness (QED) is 0.535.